The monoisotopic (exact) mass is 234 g/mol. The quantitative estimate of drug-likeness (QED) is 0.589. The molecule has 1 N–H and O–H groups in total. The average Bonchev–Trinajstić information content (AvgIpc) is 2.74. The van der Waals surface area contributed by atoms with Crippen LogP contribution in [-0.2, 0) is 9.53 Å². The Hall–Kier alpha value is -1.35. The summed E-state index contributed by atoms with van der Waals surface area (Å²) in [4.78, 5) is 11.4. The van der Waals surface area contributed by atoms with E-state index in [1.54, 1.807) is 0 Å². The van der Waals surface area contributed by atoms with Crippen molar-refractivity contribution >= 4 is 5.97 Å². The number of carbonyl (C=O) groups is 1. The molecule has 3 nitrogen and oxygen atoms in total. The first-order valence-electron chi connectivity index (χ1n) is 6.11. The van der Waals surface area contributed by atoms with Crippen molar-refractivity contribution in [1.29, 1.82) is 0 Å². The number of hydrogen-bond acceptors (Lipinski definition) is 3. The zero-order valence-corrected chi connectivity index (χ0v) is 10.1. The topological polar surface area (TPSA) is 46.5 Å². The Kier molecular flexibility index (Phi) is 3.79. The number of esters is 1. The minimum Gasteiger partial charge on any atom is -0.462 e. The van der Waals surface area contributed by atoms with E-state index < -0.39 is 0 Å². The first kappa shape index (κ1) is 12.1. The molecule has 0 saturated carbocycles. The van der Waals surface area contributed by atoms with Crippen molar-refractivity contribution in [2.75, 3.05) is 6.61 Å². The molecule has 0 aromatic rings. The predicted octanol–water partition coefficient (Wildman–Crippen LogP) is 2.28. The molecular formula is C14H18O3. The van der Waals surface area contributed by atoms with Crippen LogP contribution in [-0.4, -0.2) is 23.8 Å². The fraction of sp³-hybridized carbons (Fsp3) is 0.500. The number of ether oxygens (including phenoxy) is 1. The van der Waals surface area contributed by atoms with Crippen LogP contribution in [0.2, 0.25) is 0 Å². The van der Waals surface area contributed by atoms with E-state index in [9.17, 15) is 9.90 Å². The van der Waals surface area contributed by atoms with Crippen LogP contribution >= 0.6 is 0 Å². The lowest BCUT2D eigenvalue weighted by Gasteiger charge is -2.16. The first-order valence-corrected chi connectivity index (χ1v) is 6.11. The van der Waals surface area contributed by atoms with Crippen LogP contribution in [0.5, 0.6) is 0 Å². The van der Waals surface area contributed by atoms with Gasteiger partial charge in [-0.2, -0.15) is 0 Å². The molecule has 3 heteroatoms. The third-order valence-corrected chi connectivity index (χ3v) is 3.28. The van der Waals surface area contributed by atoms with Gasteiger partial charge >= 0.3 is 5.97 Å². The van der Waals surface area contributed by atoms with Gasteiger partial charge in [0.15, 0.2) is 0 Å². The molecule has 0 radical (unpaired) electrons. The molecule has 0 aromatic carbocycles. The van der Waals surface area contributed by atoms with Gasteiger partial charge in [0.05, 0.1) is 12.7 Å². The Bertz CT molecular complexity index is 402. The Morgan fingerprint density at radius 2 is 2.41 bits per heavy atom. The minimum atomic E-state index is -0.353. The van der Waals surface area contributed by atoms with Gasteiger partial charge in [-0.15, -0.1) is 0 Å². The van der Waals surface area contributed by atoms with Crippen molar-refractivity contribution in [3.63, 3.8) is 0 Å². The maximum absolute atomic E-state index is 11.4. The summed E-state index contributed by atoms with van der Waals surface area (Å²) in [6, 6.07) is 0. The van der Waals surface area contributed by atoms with E-state index in [1.165, 1.54) is 0 Å². The van der Waals surface area contributed by atoms with Crippen LogP contribution in [0.4, 0.5) is 0 Å². The van der Waals surface area contributed by atoms with Crippen LogP contribution in [0.25, 0.3) is 0 Å². The fourth-order valence-corrected chi connectivity index (χ4v) is 2.18. The number of rotatable bonds is 2. The third kappa shape index (κ3) is 2.86. The molecule has 1 fully saturated rings. The number of hydrogen-bond donors (Lipinski definition) is 1. The average molecular weight is 234 g/mol. The summed E-state index contributed by atoms with van der Waals surface area (Å²) in [5.74, 6) is -0.203. The van der Waals surface area contributed by atoms with Gasteiger partial charge in [-0.25, -0.2) is 4.79 Å². The molecule has 2 rings (SSSR count). The van der Waals surface area contributed by atoms with E-state index in [1.807, 2.05) is 19.1 Å². The second kappa shape index (κ2) is 5.32. The third-order valence-electron chi connectivity index (χ3n) is 3.28. The lowest BCUT2D eigenvalue weighted by molar-refractivity contribution is -0.135. The highest BCUT2D eigenvalue weighted by molar-refractivity contribution is 5.91. The van der Waals surface area contributed by atoms with Gasteiger partial charge in [-0.3, -0.25) is 0 Å². The van der Waals surface area contributed by atoms with E-state index in [0.29, 0.717) is 13.0 Å². The van der Waals surface area contributed by atoms with Gasteiger partial charge in [0.1, 0.15) is 0 Å². The van der Waals surface area contributed by atoms with E-state index in [4.69, 9.17) is 4.74 Å². The van der Waals surface area contributed by atoms with Gasteiger partial charge in [0.25, 0.3) is 0 Å². The van der Waals surface area contributed by atoms with Crippen molar-refractivity contribution in [3.05, 3.63) is 34.9 Å². The zero-order valence-electron chi connectivity index (χ0n) is 10.1. The Balaban J connectivity index is 2.10. The molecule has 0 bridgehead atoms. The minimum absolute atomic E-state index is 0.203. The Labute approximate surface area is 101 Å². The number of allylic oxidation sites excluding steroid dienone is 3. The molecule has 0 aromatic heterocycles. The highest BCUT2D eigenvalue weighted by Crippen LogP contribution is 2.22. The van der Waals surface area contributed by atoms with Gasteiger partial charge in [0.2, 0.25) is 0 Å². The maximum Gasteiger partial charge on any atom is 0.334 e. The summed E-state index contributed by atoms with van der Waals surface area (Å²) >= 11 is 0. The number of aliphatic hydroxyl groups is 1. The van der Waals surface area contributed by atoms with Crippen molar-refractivity contribution in [1.82, 2.24) is 0 Å². The molecule has 1 aliphatic heterocycles. The molecule has 0 amide bonds. The number of aliphatic hydroxyl groups excluding tert-OH is 1. The Morgan fingerprint density at radius 1 is 1.59 bits per heavy atom. The molecule has 92 valence electrons. The maximum atomic E-state index is 11.4. The van der Waals surface area contributed by atoms with E-state index in [0.717, 1.165) is 36.0 Å². The molecule has 1 aliphatic carbocycles. The molecule has 1 saturated heterocycles. The largest absolute Gasteiger partial charge is 0.462 e. The SMILES string of the molecule is CC(/C=C\C1=CCCCC1O)=C1\CCOC1=O. The van der Waals surface area contributed by atoms with Crippen molar-refractivity contribution in [2.45, 2.75) is 38.7 Å². The summed E-state index contributed by atoms with van der Waals surface area (Å²) < 4.78 is 4.90. The van der Waals surface area contributed by atoms with E-state index >= 15 is 0 Å². The summed E-state index contributed by atoms with van der Waals surface area (Å²) in [5.41, 5.74) is 2.65. The van der Waals surface area contributed by atoms with Gasteiger partial charge in [-0.05, 0) is 37.3 Å². The van der Waals surface area contributed by atoms with Crippen molar-refractivity contribution < 1.29 is 14.6 Å². The summed E-state index contributed by atoms with van der Waals surface area (Å²) in [6.45, 7) is 2.40. The van der Waals surface area contributed by atoms with Crippen molar-refractivity contribution in [2.24, 2.45) is 0 Å². The Morgan fingerprint density at radius 3 is 3.06 bits per heavy atom. The van der Waals surface area contributed by atoms with Gasteiger partial charge in [-0.1, -0.05) is 18.2 Å². The molecule has 1 unspecified atom stereocenters. The van der Waals surface area contributed by atoms with Crippen LogP contribution in [0.1, 0.15) is 32.6 Å². The van der Waals surface area contributed by atoms with Gasteiger partial charge in [0, 0.05) is 12.0 Å². The number of carbonyl (C=O) groups excluding carboxylic acids is 1. The standard InChI is InChI=1S/C14H18O3/c1-10(12-8-9-17-14(12)16)6-7-11-4-2-3-5-13(11)15/h4,6-7,13,15H,2-3,5,8-9H2,1H3/b7-6-,12-10-. The summed E-state index contributed by atoms with van der Waals surface area (Å²) in [5, 5.41) is 9.77. The van der Waals surface area contributed by atoms with Crippen LogP contribution in [0.15, 0.2) is 34.9 Å². The lowest BCUT2D eigenvalue weighted by Crippen LogP contribution is -2.12. The van der Waals surface area contributed by atoms with E-state index in [2.05, 4.69) is 6.08 Å². The summed E-state index contributed by atoms with van der Waals surface area (Å²) in [7, 11) is 0. The highest BCUT2D eigenvalue weighted by Gasteiger charge is 2.20. The number of cyclic esters (lactones) is 1. The van der Waals surface area contributed by atoms with Crippen LogP contribution in [0.3, 0.4) is 0 Å². The molecule has 17 heavy (non-hydrogen) atoms. The van der Waals surface area contributed by atoms with Crippen LogP contribution < -0.4 is 0 Å². The first-order chi connectivity index (χ1) is 8.18. The van der Waals surface area contributed by atoms with Gasteiger partial charge < -0.3 is 9.84 Å². The van der Waals surface area contributed by atoms with Crippen molar-refractivity contribution in [3.8, 4) is 0 Å². The smallest absolute Gasteiger partial charge is 0.334 e. The second-order valence-electron chi connectivity index (χ2n) is 4.53. The summed E-state index contributed by atoms with van der Waals surface area (Å²) in [6.07, 6.45) is 9.12. The second-order valence-corrected chi connectivity index (χ2v) is 4.53. The highest BCUT2D eigenvalue weighted by atomic mass is 16.5. The predicted molar refractivity (Wildman–Crippen MR) is 65.4 cm³/mol. The molecule has 0 spiro atoms. The normalized spacial score (nSPS) is 28.2. The van der Waals surface area contributed by atoms with Crippen LogP contribution in [0, 0.1) is 0 Å². The molecule has 1 atom stereocenters. The zero-order chi connectivity index (χ0) is 12.3. The van der Waals surface area contributed by atoms with E-state index in [-0.39, 0.29) is 12.1 Å². The molecular weight excluding hydrogens is 216 g/mol. The lowest BCUT2D eigenvalue weighted by atomic mass is 9.95. The molecule has 2 aliphatic rings. The molecule has 1 heterocycles. The fourth-order valence-electron chi connectivity index (χ4n) is 2.18.